The van der Waals surface area contributed by atoms with E-state index in [1.165, 1.54) is 36.7 Å². The lowest BCUT2D eigenvalue weighted by Crippen LogP contribution is -2.49. The Balaban J connectivity index is 1.56. The lowest BCUT2D eigenvalue weighted by Gasteiger charge is -2.34. The first kappa shape index (κ1) is 21.4. The van der Waals surface area contributed by atoms with Crippen LogP contribution in [-0.4, -0.2) is 71.2 Å². The van der Waals surface area contributed by atoms with Gasteiger partial charge in [-0.2, -0.15) is 4.31 Å². The summed E-state index contributed by atoms with van der Waals surface area (Å²) in [6, 6.07) is 10.6. The van der Waals surface area contributed by atoms with Crippen LogP contribution in [0.1, 0.15) is 0 Å². The zero-order valence-corrected chi connectivity index (χ0v) is 17.3. The standard InChI is InChI=1S/C20H25FN2O5S/c1-26-18-7-8-19(27-2)20(15-18)29(24,25)23-11-9-22(10-12-23)13-14-28-17-5-3-16(21)4-6-17/h3-8,15H,9-14H2,1-2H3. The van der Waals surface area contributed by atoms with Gasteiger partial charge in [-0.25, -0.2) is 12.8 Å². The van der Waals surface area contributed by atoms with Crippen molar-refractivity contribution < 1.29 is 27.0 Å². The Bertz CT molecular complexity index is 913. The number of sulfonamides is 1. The molecule has 0 unspecified atom stereocenters. The number of ether oxygens (including phenoxy) is 3. The van der Waals surface area contributed by atoms with Gasteiger partial charge in [-0.3, -0.25) is 4.90 Å². The SMILES string of the molecule is COc1ccc(OC)c(S(=O)(=O)N2CCN(CCOc3ccc(F)cc3)CC2)c1. The smallest absolute Gasteiger partial charge is 0.246 e. The number of piperazine rings is 1. The highest BCUT2D eigenvalue weighted by atomic mass is 32.2. The van der Waals surface area contributed by atoms with E-state index in [9.17, 15) is 12.8 Å². The molecule has 2 aromatic rings. The lowest BCUT2D eigenvalue weighted by molar-refractivity contribution is 0.158. The molecule has 1 heterocycles. The fourth-order valence-electron chi connectivity index (χ4n) is 3.14. The highest BCUT2D eigenvalue weighted by molar-refractivity contribution is 7.89. The summed E-state index contributed by atoms with van der Waals surface area (Å²) in [6.45, 7) is 3.05. The minimum Gasteiger partial charge on any atom is -0.497 e. The van der Waals surface area contributed by atoms with Gasteiger partial charge >= 0.3 is 0 Å². The van der Waals surface area contributed by atoms with Gasteiger partial charge in [0.1, 0.15) is 34.6 Å². The van der Waals surface area contributed by atoms with Crippen molar-refractivity contribution in [3.63, 3.8) is 0 Å². The molecule has 0 bridgehead atoms. The minimum atomic E-state index is -3.69. The first-order valence-electron chi connectivity index (χ1n) is 9.27. The van der Waals surface area contributed by atoms with Gasteiger partial charge in [0.05, 0.1) is 14.2 Å². The topological polar surface area (TPSA) is 68.3 Å². The van der Waals surface area contributed by atoms with Gasteiger partial charge in [-0.15, -0.1) is 0 Å². The third kappa shape index (κ3) is 5.17. The number of benzene rings is 2. The number of methoxy groups -OCH3 is 2. The number of hydrogen-bond donors (Lipinski definition) is 0. The molecule has 0 atom stereocenters. The van der Waals surface area contributed by atoms with Crippen LogP contribution in [0.5, 0.6) is 17.2 Å². The average Bonchev–Trinajstić information content (AvgIpc) is 2.75. The maximum absolute atomic E-state index is 13.1. The van der Waals surface area contributed by atoms with E-state index in [-0.39, 0.29) is 10.7 Å². The van der Waals surface area contributed by atoms with E-state index in [0.717, 1.165) is 0 Å². The van der Waals surface area contributed by atoms with Gasteiger partial charge in [0.2, 0.25) is 10.0 Å². The summed E-state index contributed by atoms with van der Waals surface area (Å²) in [5, 5.41) is 0. The predicted molar refractivity (Wildman–Crippen MR) is 107 cm³/mol. The van der Waals surface area contributed by atoms with Crippen molar-refractivity contribution in [2.75, 3.05) is 53.6 Å². The van der Waals surface area contributed by atoms with Crippen LogP contribution in [0.15, 0.2) is 47.4 Å². The van der Waals surface area contributed by atoms with Gasteiger partial charge in [0, 0.05) is 38.8 Å². The Labute approximate surface area is 170 Å². The second kappa shape index (κ2) is 9.43. The van der Waals surface area contributed by atoms with E-state index in [1.807, 2.05) is 0 Å². The molecule has 0 amide bonds. The third-order valence-electron chi connectivity index (χ3n) is 4.81. The molecule has 0 spiro atoms. The lowest BCUT2D eigenvalue weighted by atomic mass is 10.3. The van der Waals surface area contributed by atoms with E-state index < -0.39 is 10.0 Å². The molecule has 1 aliphatic rings. The Kier molecular flexibility index (Phi) is 6.94. The average molecular weight is 424 g/mol. The van der Waals surface area contributed by atoms with E-state index in [1.54, 1.807) is 24.3 Å². The molecular formula is C20H25FN2O5S. The molecule has 0 aromatic heterocycles. The largest absolute Gasteiger partial charge is 0.497 e. The number of halogens is 1. The Morgan fingerprint density at radius 3 is 2.21 bits per heavy atom. The maximum Gasteiger partial charge on any atom is 0.246 e. The molecule has 0 N–H and O–H groups in total. The summed E-state index contributed by atoms with van der Waals surface area (Å²) in [7, 11) is -0.758. The number of rotatable bonds is 8. The fraction of sp³-hybridized carbons (Fsp3) is 0.400. The Hall–Kier alpha value is -2.36. The third-order valence-corrected chi connectivity index (χ3v) is 6.73. The molecule has 0 saturated carbocycles. The summed E-state index contributed by atoms with van der Waals surface area (Å²) in [5.74, 6) is 1.06. The fourth-order valence-corrected chi connectivity index (χ4v) is 4.73. The van der Waals surface area contributed by atoms with Gasteiger partial charge < -0.3 is 14.2 Å². The zero-order chi connectivity index (χ0) is 20.9. The summed E-state index contributed by atoms with van der Waals surface area (Å²) < 4.78 is 56.5. The normalized spacial score (nSPS) is 15.8. The summed E-state index contributed by atoms with van der Waals surface area (Å²) in [6.07, 6.45) is 0. The molecule has 1 fully saturated rings. The first-order valence-corrected chi connectivity index (χ1v) is 10.7. The van der Waals surface area contributed by atoms with Crippen molar-refractivity contribution >= 4 is 10.0 Å². The second-order valence-electron chi connectivity index (χ2n) is 6.56. The summed E-state index contributed by atoms with van der Waals surface area (Å²) in [4.78, 5) is 2.24. The quantitative estimate of drug-likeness (QED) is 0.647. The van der Waals surface area contributed by atoms with Crippen molar-refractivity contribution in [2.45, 2.75) is 4.90 Å². The Morgan fingerprint density at radius 1 is 0.931 bits per heavy atom. The summed E-state index contributed by atoms with van der Waals surface area (Å²) in [5.41, 5.74) is 0. The van der Waals surface area contributed by atoms with Gasteiger partial charge in [-0.05, 0) is 36.4 Å². The molecule has 2 aromatic carbocycles. The number of hydrogen-bond acceptors (Lipinski definition) is 6. The monoisotopic (exact) mass is 424 g/mol. The summed E-state index contributed by atoms with van der Waals surface area (Å²) >= 11 is 0. The Morgan fingerprint density at radius 2 is 1.59 bits per heavy atom. The van der Waals surface area contributed by atoms with Gasteiger partial charge in [0.25, 0.3) is 0 Å². The van der Waals surface area contributed by atoms with Crippen molar-refractivity contribution in [1.82, 2.24) is 9.21 Å². The predicted octanol–water partition coefficient (Wildman–Crippen LogP) is 2.23. The van der Waals surface area contributed by atoms with Crippen LogP contribution in [0.25, 0.3) is 0 Å². The van der Waals surface area contributed by atoms with E-state index in [4.69, 9.17) is 14.2 Å². The van der Waals surface area contributed by atoms with Crippen LogP contribution in [-0.2, 0) is 10.0 Å². The van der Waals surface area contributed by atoms with Crippen molar-refractivity contribution in [3.05, 3.63) is 48.3 Å². The van der Waals surface area contributed by atoms with Crippen LogP contribution in [0.3, 0.4) is 0 Å². The minimum absolute atomic E-state index is 0.104. The maximum atomic E-state index is 13.1. The molecule has 0 aliphatic carbocycles. The zero-order valence-electron chi connectivity index (χ0n) is 16.5. The van der Waals surface area contributed by atoms with Crippen molar-refractivity contribution in [1.29, 1.82) is 0 Å². The molecule has 3 rings (SSSR count). The van der Waals surface area contributed by atoms with Crippen molar-refractivity contribution in [2.24, 2.45) is 0 Å². The molecule has 9 heteroatoms. The molecule has 1 aliphatic heterocycles. The van der Waals surface area contributed by atoms with Gasteiger partial charge in [0.15, 0.2) is 0 Å². The first-order chi connectivity index (χ1) is 13.9. The molecule has 1 saturated heterocycles. The molecule has 0 radical (unpaired) electrons. The van der Waals surface area contributed by atoms with E-state index in [2.05, 4.69) is 4.90 Å². The highest BCUT2D eigenvalue weighted by Gasteiger charge is 2.31. The second-order valence-corrected chi connectivity index (χ2v) is 8.47. The van der Waals surface area contributed by atoms with Crippen LogP contribution in [0.2, 0.25) is 0 Å². The van der Waals surface area contributed by atoms with E-state index >= 15 is 0 Å². The van der Waals surface area contributed by atoms with Crippen LogP contribution >= 0.6 is 0 Å². The van der Waals surface area contributed by atoms with Gasteiger partial charge in [-0.1, -0.05) is 0 Å². The van der Waals surface area contributed by atoms with Crippen LogP contribution in [0.4, 0.5) is 4.39 Å². The van der Waals surface area contributed by atoms with Crippen molar-refractivity contribution in [3.8, 4) is 17.2 Å². The molecule has 7 nitrogen and oxygen atoms in total. The molecular weight excluding hydrogens is 399 g/mol. The van der Waals surface area contributed by atoms with Crippen LogP contribution in [0, 0.1) is 5.82 Å². The number of nitrogens with zero attached hydrogens (tertiary/aromatic N) is 2. The highest BCUT2D eigenvalue weighted by Crippen LogP contribution is 2.31. The molecule has 29 heavy (non-hydrogen) atoms. The molecule has 158 valence electrons. The van der Waals surface area contributed by atoms with E-state index in [0.29, 0.717) is 56.6 Å². The van der Waals surface area contributed by atoms with Crippen LogP contribution < -0.4 is 14.2 Å².